The van der Waals surface area contributed by atoms with Gasteiger partial charge in [-0.15, -0.1) is 0 Å². The van der Waals surface area contributed by atoms with E-state index in [1.807, 2.05) is 20.8 Å². The molecular weight excluding hydrogens is 271 g/mol. The first-order chi connectivity index (χ1) is 9.66. The third kappa shape index (κ3) is 5.01. The summed E-state index contributed by atoms with van der Waals surface area (Å²) in [7, 11) is 0. The molecule has 0 bridgehead atoms. The zero-order valence-electron chi connectivity index (χ0n) is 13.4. The normalized spacial score (nSPS) is 14.4. The van der Waals surface area contributed by atoms with Crippen molar-refractivity contribution in [1.29, 1.82) is 0 Å². The van der Waals surface area contributed by atoms with Crippen molar-refractivity contribution >= 4 is 5.91 Å². The molecule has 0 aliphatic carbocycles. The van der Waals surface area contributed by atoms with E-state index in [4.69, 9.17) is 10.5 Å². The standard InChI is InChI=1S/C16H25FN2O2/c1-6-16(4,5)19-15(20)11(3)21-14-8-7-12(10(2)18)9-13(14)17/h7-11H,6,18H2,1-5H3,(H,19,20). The number of nitrogens with one attached hydrogen (secondary N) is 1. The summed E-state index contributed by atoms with van der Waals surface area (Å²) in [5, 5.41) is 2.87. The Hall–Kier alpha value is -1.62. The molecule has 3 N–H and O–H groups in total. The zero-order valence-corrected chi connectivity index (χ0v) is 13.4. The highest BCUT2D eigenvalue weighted by molar-refractivity contribution is 5.81. The molecule has 5 heteroatoms. The number of ether oxygens (including phenoxy) is 1. The molecule has 0 aliphatic heterocycles. The summed E-state index contributed by atoms with van der Waals surface area (Å²) in [6.45, 7) is 9.21. The van der Waals surface area contributed by atoms with E-state index in [0.717, 1.165) is 6.42 Å². The maximum atomic E-state index is 13.9. The Bertz CT molecular complexity index is 501. The van der Waals surface area contributed by atoms with E-state index >= 15 is 0 Å². The molecule has 1 aromatic carbocycles. The van der Waals surface area contributed by atoms with Crippen LogP contribution in [0.3, 0.4) is 0 Å². The first kappa shape index (κ1) is 17.4. The summed E-state index contributed by atoms with van der Waals surface area (Å²) in [5.74, 6) is -0.729. The van der Waals surface area contributed by atoms with Crippen LogP contribution in [0, 0.1) is 5.82 Å². The maximum Gasteiger partial charge on any atom is 0.261 e. The highest BCUT2D eigenvalue weighted by Crippen LogP contribution is 2.22. The lowest BCUT2D eigenvalue weighted by Gasteiger charge is -2.26. The van der Waals surface area contributed by atoms with Crippen LogP contribution < -0.4 is 15.8 Å². The summed E-state index contributed by atoms with van der Waals surface area (Å²) in [6.07, 6.45) is 0.0228. The van der Waals surface area contributed by atoms with Crippen molar-refractivity contribution in [3.8, 4) is 5.75 Å². The quantitative estimate of drug-likeness (QED) is 0.848. The predicted molar refractivity (Wildman–Crippen MR) is 81.6 cm³/mol. The van der Waals surface area contributed by atoms with Crippen LogP contribution in [0.15, 0.2) is 18.2 Å². The van der Waals surface area contributed by atoms with Crippen molar-refractivity contribution in [2.45, 2.75) is 58.7 Å². The Balaban J connectivity index is 2.75. The van der Waals surface area contributed by atoms with Gasteiger partial charge in [0.05, 0.1) is 0 Å². The lowest BCUT2D eigenvalue weighted by molar-refractivity contribution is -0.129. The molecule has 0 aromatic heterocycles. The first-order valence-electron chi connectivity index (χ1n) is 7.20. The molecule has 0 saturated carbocycles. The molecule has 0 spiro atoms. The second-order valence-corrected chi connectivity index (χ2v) is 5.97. The van der Waals surface area contributed by atoms with Gasteiger partial charge in [0, 0.05) is 11.6 Å². The molecule has 4 nitrogen and oxygen atoms in total. The summed E-state index contributed by atoms with van der Waals surface area (Å²) >= 11 is 0. The van der Waals surface area contributed by atoms with Crippen LogP contribution in [-0.2, 0) is 4.79 Å². The average molecular weight is 296 g/mol. The fourth-order valence-corrected chi connectivity index (χ4v) is 1.66. The van der Waals surface area contributed by atoms with Gasteiger partial charge in [-0.25, -0.2) is 4.39 Å². The number of hydrogen-bond acceptors (Lipinski definition) is 3. The second-order valence-electron chi connectivity index (χ2n) is 5.97. The Morgan fingerprint density at radius 1 is 1.43 bits per heavy atom. The number of hydrogen-bond donors (Lipinski definition) is 2. The first-order valence-corrected chi connectivity index (χ1v) is 7.20. The molecule has 2 atom stereocenters. The lowest BCUT2D eigenvalue weighted by atomic mass is 10.0. The minimum Gasteiger partial charge on any atom is -0.478 e. The largest absolute Gasteiger partial charge is 0.478 e. The highest BCUT2D eigenvalue weighted by Gasteiger charge is 2.23. The summed E-state index contributed by atoms with van der Waals surface area (Å²) in [5.41, 5.74) is 6.07. The van der Waals surface area contributed by atoms with Gasteiger partial charge in [0.25, 0.3) is 5.91 Å². The van der Waals surface area contributed by atoms with E-state index in [1.54, 1.807) is 19.9 Å². The van der Waals surface area contributed by atoms with Crippen LogP contribution in [0.4, 0.5) is 4.39 Å². The molecular formula is C16H25FN2O2. The zero-order chi connectivity index (χ0) is 16.2. The van der Waals surface area contributed by atoms with E-state index in [1.165, 1.54) is 12.1 Å². The number of benzene rings is 1. The molecule has 118 valence electrons. The summed E-state index contributed by atoms with van der Waals surface area (Å²) in [6, 6.07) is 4.28. The third-order valence-electron chi connectivity index (χ3n) is 3.50. The Morgan fingerprint density at radius 3 is 2.52 bits per heavy atom. The SMILES string of the molecule is CCC(C)(C)NC(=O)C(C)Oc1ccc(C(C)N)cc1F. The van der Waals surface area contributed by atoms with Gasteiger partial charge in [-0.1, -0.05) is 13.0 Å². The monoisotopic (exact) mass is 296 g/mol. The van der Waals surface area contributed by atoms with Crippen LogP contribution in [-0.4, -0.2) is 17.6 Å². The average Bonchev–Trinajstić information content (AvgIpc) is 2.40. The van der Waals surface area contributed by atoms with Crippen LogP contribution in [0.25, 0.3) is 0 Å². The second kappa shape index (κ2) is 6.89. The van der Waals surface area contributed by atoms with Gasteiger partial charge < -0.3 is 15.8 Å². The van der Waals surface area contributed by atoms with E-state index < -0.39 is 11.9 Å². The Morgan fingerprint density at radius 2 is 2.05 bits per heavy atom. The van der Waals surface area contributed by atoms with Crippen LogP contribution in [0.5, 0.6) is 5.75 Å². The molecule has 0 radical (unpaired) electrons. The lowest BCUT2D eigenvalue weighted by Crippen LogP contribution is -2.48. The minimum atomic E-state index is -0.772. The molecule has 0 aliphatic rings. The molecule has 0 saturated heterocycles. The van der Waals surface area contributed by atoms with Crippen LogP contribution in [0.1, 0.15) is 52.6 Å². The van der Waals surface area contributed by atoms with Crippen molar-refractivity contribution in [2.75, 3.05) is 0 Å². The van der Waals surface area contributed by atoms with Crippen molar-refractivity contribution < 1.29 is 13.9 Å². The fraction of sp³-hybridized carbons (Fsp3) is 0.562. The minimum absolute atomic E-state index is 0.0522. The van der Waals surface area contributed by atoms with Gasteiger partial charge in [0.15, 0.2) is 17.7 Å². The van der Waals surface area contributed by atoms with E-state index in [9.17, 15) is 9.18 Å². The van der Waals surface area contributed by atoms with Gasteiger partial charge in [0.2, 0.25) is 0 Å². The number of halogens is 1. The third-order valence-corrected chi connectivity index (χ3v) is 3.50. The van der Waals surface area contributed by atoms with Gasteiger partial charge >= 0.3 is 0 Å². The number of amides is 1. The maximum absolute atomic E-state index is 13.9. The summed E-state index contributed by atoms with van der Waals surface area (Å²) < 4.78 is 19.3. The molecule has 0 fully saturated rings. The van der Waals surface area contributed by atoms with Crippen LogP contribution >= 0.6 is 0 Å². The molecule has 1 aromatic rings. The van der Waals surface area contributed by atoms with Gasteiger partial charge in [-0.3, -0.25) is 4.79 Å². The van der Waals surface area contributed by atoms with E-state index in [2.05, 4.69) is 5.32 Å². The van der Waals surface area contributed by atoms with E-state index in [0.29, 0.717) is 5.56 Å². The number of nitrogens with two attached hydrogens (primary N) is 1. The van der Waals surface area contributed by atoms with Crippen molar-refractivity contribution in [3.63, 3.8) is 0 Å². The van der Waals surface area contributed by atoms with Gasteiger partial charge in [-0.2, -0.15) is 0 Å². The molecule has 21 heavy (non-hydrogen) atoms. The number of rotatable bonds is 6. The molecule has 2 unspecified atom stereocenters. The topological polar surface area (TPSA) is 64.3 Å². The van der Waals surface area contributed by atoms with Crippen LogP contribution in [0.2, 0.25) is 0 Å². The van der Waals surface area contributed by atoms with Crippen molar-refractivity contribution in [2.24, 2.45) is 5.73 Å². The summed E-state index contributed by atoms with van der Waals surface area (Å²) in [4.78, 5) is 12.0. The number of carbonyl (C=O) groups excluding carboxylic acids is 1. The van der Waals surface area contributed by atoms with Gasteiger partial charge in [0.1, 0.15) is 0 Å². The number of carbonyl (C=O) groups is 1. The van der Waals surface area contributed by atoms with Gasteiger partial charge in [-0.05, 0) is 51.8 Å². The van der Waals surface area contributed by atoms with Crippen molar-refractivity contribution in [1.82, 2.24) is 5.32 Å². The predicted octanol–water partition coefficient (Wildman–Crippen LogP) is 2.92. The van der Waals surface area contributed by atoms with Crippen molar-refractivity contribution in [3.05, 3.63) is 29.6 Å². The Labute approximate surface area is 125 Å². The highest BCUT2D eigenvalue weighted by atomic mass is 19.1. The molecule has 0 heterocycles. The molecule has 1 amide bonds. The smallest absolute Gasteiger partial charge is 0.261 e. The Kier molecular flexibility index (Phi) is 5.72. The van der Waals surface area contributed by atoms with E-state index in [-0.39, 0.29) is 23.2 Å². The molecule has 1 rings (SSSR count). The fourth-order valence-electron chi connectivity index (χ4n) is 1.66.